The Morgan fingerprint density at radius 2 is 1.60 bits per heavy atom. The molecule has 0 spiro atoms. The maximum absolute atomic E-state index is 14.1. The first-order valence-corrected chi connectivity index (χ1v) is 15.6. The molecule has 0 fully saturated rings. The Morgan fingerprint density at radius 3 is 2.17 bits per heavy atom. The Kier molecular flexibility index (Phi) is 10.8. The van der Waals surface area contributed by atoms with Crippen LogP contribution in [-0.4, -0.2) is 30.1 Å². The Bertz CT molecular complexity index is 1320. The summed E-state index contributed by atoms with van der Waals surface area (Å²) in [6, 6.07) is 17.6. The van der Waals surface area contributed by atoms with Crippen LogP contribution in [0, 0.1) is 19.8 Å². The summed E-state index contributed by atoms with van der Waals surface area (Å²) >= 11 is 0. The topological polar surface area (TPSA) is 94.1 Å². The van der Waals surface area contributed by atoms with Gasteiger partial charge in [-0.05, 0) is 97.2 Å². The summed E-state index contributed by atoms with van der Waals surface area (Å²) in [6.07, 6.45) is 0.434. The summed E-state index contributed by atoms with van der Waals surface area (Å²) in [6.45, 7) is 13.8. The maximum Gasteiger partial charge on any atom is 0.354 e. The lowest BCUT2D eigenvalue weighted by Gasteiger charge is -2.27. The Morgan fingerprint density at radius 1 is 0.950 bits per heavy atom. The quantitative estimate of drug-likeness (QED) is 0.163. The Hall–Kier alpha value is -3.28. The molecule has 0 saturated heterocycles. The number of aromatic hydroxyl groups is 1. The number of hydrogen-bond donors (Lipinski definition) is 2. The zero-order chi connectivity index (χ0) is 29.4. The van der Waals surface area contributed by atoms with E-state index in [0.717, 1.165) is 27.8 Å². The van der Waals surface area contributed by atoms with Gasteiger partial charge in [-0.15, -0.1) is 0 Å². The van der Waals surface area contributed by atoms with Crippen LogP contribution >= 0.6 is 7.52 Å². The standard InChI is InChI=1S/C32H42NO6P/c1-8-37-32(35)31(22(4)5)33-40(36,39-26-12-10-9-11-13-26)20-38-27-16-23(6)29(24(7)17-27)19-25-14-15-30(34)28(18-25)21(2)3/h9-18,21-22,31,34H,8,19-20H2,1-7H3,(H,33,36)/t31-,40?/m0/s1. The number of carbonyl (C=O) groups excluding carboxylic acids is 1. The lowest BCUT2D eigenvalue weighted by atomic mass is 9.93. The summed E-state index contributed by atoms with van der Waals surface area (Å²) in [5.41, 5.74) is 5.28. The highest BCUT2D eigenvalue weighted by atomic mass is 31.2. The van der Waals surface area contributed by atoms with Gasteiger partial charge in [0, 0.05) is 0 Å². The first kappa shape index (κ1) is 31.3. The van der Waals surface area contributed by atoms with Gasteiger partial charge in [0.25, 0.3) is 0 Å². The lowest BCUT2D eigenvalue weighted by molar-refractivity contribution is -0.146. The minimum Gasteiger partial charge on any atom is -0.508 e. The molecule has 0 saturated carbocycles. The van der Waals surface area contributed by atoms with Crippen LogP contribution in [0.1, 0.15) is 68.4 Å². The minimum absolute atomic E-state index is 0.188. The van der Waals surface area contributed by atoms with Crippen molar-refractivity contribution in [2.75, 3.05) is 13.0 Å². The van der Waals surface area contributed by atoms with Crippen LogP contribution in [0.25, 0.3) is 0 Å². The SMILES string of the molecule is CCOC(=O)[C@@H](NP(=O)(COc1cc(C)c(Cc2ccc(O)c(C(C)C)c2)c(C)c1)Oc1ccccc1)C(C)C. The van der Waals surface area contributed by atoms with E-state index in [2.05, 4.69) is 25.0 Å². The normalized spacial score (nSPS) is 13.6. The van der Waals surface area contributed by atoms with Crippen molar-refractivity contribution in [3.63, 3.8) is 0 Å². The molecule has 8 heteroatoms. The third-order valence-corrected chi connectivity index (χ3v) is 8.35. The first-order valence-electron chi connectivity index (χ1n) is 13.7. The van der Waals surface area contributed by atoms with E-state index < -0.39 is 19.5 Å². The zero-order valence-electron chi connectivity index (χ0n) is 24.6. The summed E-state index contributed by atoms with van der Waals surface area (Å²) in [4.78, 5) is 12.6. The van der Waals surface area contributed by atoms with Crippen molar-refractivity contribution < 1.29 is 28.5 Å². The average Bonchev–Trinajstić information content (AvgIpc) is 2.89. The molecule has 0 amide bonds. The number of aryl methyl sites for hydroxylation is 2. The van der Waals surface area contributed by atoms with E-state index in [1.807, 2.05) is 52.0 Å². The van der Waals surface area contributed by atoms with Gasteiger partial charge in [-0.1, -0.05) is 58.0 Å². The van der Waals surface area contributed by atoms with Crippen LogP contribution in [0.5, 0.6) is 17.2 Å². The number of rotatable bonds is 13. The summed E-state index contributed by atoms with van der Waals surface area (Å²) in [5, 5.41) is 13.1. The van der Waals surface area contributed by atoms with Crippen LogP contribution in [-0.2, 0) is 20.5 Å². The van der Waals surface area contributed by atoms with Crippen molar-refractivity contribution in [1.29, 1.82) is 0 Å². The zero-order valence-corrected chi connectivity index (χ0v) is 25.5. The molecule has 0 aliphatic heterocycles. The van der Waals surface area contributed by atoms with Gasteiger partial charge in [0.15, 0.2) is 6.35 Å². The largest absolute Gasteiger partial charge is 0.508 e. The lowest BCUT2D eigenvalue weighted by Crippen LogP contribution is -2.42. The third kappa shape index (κ3) is 8.36. The van der Waals surface area contributed by atoms with Crippen LogP contribution < -0.4 is 14.3 Å². The minimum atomic E-state index is -3.71. The van der Waals surface area contributed by atoms with E-state index in [4.69, 9.17) is 14.0 Å². The molecule has 2 N–H and O–H groups in total. The molecular weight excluding hydrogens is 525 g/mol. The number of nitrogens with one attached hydrogen (secondary N) is 1. The molecule has 7 nitrogen and oxygen atoms in total. The third-order valence-electron chi connectivity index (χ3n) is 6.70. The monoisotopic (exact) mass is 567 g/mol. The van der Waals surface area contributed by atoms with Crippen molar-refractivity contribution in [1.82, 2.24) is 5.09 Å². The first-order chi connectivity index (χ1) is 18.9. The number of ether oxygens (including phenoxy) is 2. The molecule has 0 bridgehead atoms. The van der Waals surface area contributed by atoms with Crippen LogP contribution in [0.3, 0.4) is 0 Å². The number of esters is 1. The van der Waals surface area contributed by atoms with Crippen molar-refractivity contribution in [3.05, 3.63) is 88.5 Å². The number of hydrogen-bond acceptors (Lipinski definition) is 6. The number of phenolic OH excluding ortho intramolecular Hbond substituents is 1. The second-order valence-corrected chi connectivity index (χ2v) is 12.8. The highest BCUT2D eigenvalue weighted by Gasteiger charge is 2.35. The van der Waals surface area contributed by atoms with Gasteiger partial charge in [-0.25, -0.2) is 5.09 Å². The van der Waals surface area contributed by atoms with E-state index in [0.29, 0.717) is 23.7 Å². The molecule has 0 aliphatic rings. The second kappa shape index (κ2) is 13.9. The van der Waals surface area contributed by atoms with Gasteiger partial charge in [-0.3, -0.25) is 9.36 Å². The predicted molar refractivity (Wildman–Crippen MR) is 159 cm³/mol. The Labute approximate surface area is 238 Å². The molecule has 0 radical (unpaired) electrons. The molecule has 0 aliphatic carbocycles. The number of para-hydroxylation sites is 1. The van der Waals surface area contributed by atoms with E-state index in [1.165, 1.54) is 0 Å². The summed E-state index contributed by atoms with van der Waals surface area (Å²) in [7, 11) is -3.71. The van der Waals surface area contributed by atoms with Crippen molar-refractivity contribution >= 4 is 13.5 Å². The molecular formula is C32H42NO6P. The summed E-state index contributed by atoms with van der Waals surface area (Å²) in [5.74, 6) is 0.828. The highest BCUT2D eigenvalue weighted by molar-refractivity contribution is 7.57. The Balaban J connectivity index is 1.84. The highest BCUT2D eigenvalue weighted by Crippen LogP contribution is 2.44. The fraction of sp³-hybridized carbons (Fsp3) is 0.406. The molecule has 3 aromatic rings. The van der Waals surface area contributed by atoms with Gasteiger partial charge in [0.05, 0.1) is 6.61 Å². The van der Waals surface area contributed by atoms with Gasteiger partial charge in [-0.2, -0.15) is 0 Å². The molecule has 216 valence electrons. The molecule has 0 aromatic heterocycles. The van der Waals surface area contributed by atoms with Gasteiger partial charge in [0.2, 0.25) is 0 Å². The van der Waals surface area contributed by atoms with Gasteiger partial charge >= 0.3 is 13.5 Å². The van der Waals surface area contributed by atoms with E-state index >= 15 is 0 Å². The molecule has 0 heterocycles. The van der Waals surface area contributed by atoms with Crippen LogP contribution in [0.4, 0.5) is 0 Å². The number of carbonyl (C=O) groups is 1. The molecule has 2 atom stereocenters. The molecule has 1 unspecified atom stereocenters. The van der Waals surface area contributed by atoms with Crippen molar-refractivity contribution in [3.8, 4) is 17.2 Å². The van der Waals surface area contributed by atoms with Gasteiger partial charge < -0.3 is 19.1 Å². The second-order valence-electron chi connectivity index (χ2n) is 10.7. The molecule has 3 rings (SSSR count). The molecule has 3 aromatic carbocycles. The van der Waals surface area contributed by atoms with Crippen molar-refractivity contribution in [2.45, 2.75) is 66.8 Å². The fourth-order valence-electron chi connectivity index (χ4n) is 4.52. The summed E-state index contributed by atoms with van der Waals surface area (Å²) < 4.78 is 31.3. The van der Waals surface area contributed by atoms with E-state index in [1.54, 1.807) is 37.3 Å². The van der Waals surface area contributed by atoms with Crippen molar-refractivity contribution in [2.24, 2.45) is 5.92 Å². The average molecular weight is 568 g/mol. The van der Waals surface area contributed by atoms with Gasteiger partial charge in [0.1, 0.15) is 23.3 Å². The van der Waals surface area contributed by atoms with Crippen LogP contribution in [0.2, 0.25) is 0 Å². The molecule has 40 heavy (non-hydrogen) atoms. The van der Waals surface area contributed by atoms with E-state index in [9.17, 15) is 14.5 Å². The van der Waals surface area contributed by atoms with E-state index in [-0.39, 0.29) is 24.8 Å². The number of phenols is 1. The fourth-order valence-corrected chi connectivity index (χ4v) is 6.30. The smallest absolute Gasteiger partial charge is 0.354 e. The maximum atomic E-state index is 14.1. The van der Waals surface area contributed by atoms with Crippen LogP contribution in [0.15, 0.2) is 60.7 Å². The number of benzene rings is 3. The predicted octanol–water partition coefficient (Wildman–Crippen LogP) is 7.51.